The molecular weight excluding hydrogens is 605 g/mol. The lowest BCUT2D eigenvalue weighted by Crippen LogP contribution is -2.42. The summed E-state index contributed by atoms with van der Waals surface area (Å²) in [5, 5.41) is 23.8. The summed E-state index contributed by atoms with van der Waals surface area (Å²) in [4.78, 5) is 14.3. The highest BCUT2D eigenvalue weighted by molar-refractivity contribution is 5.73. The molecule has 2 saturated heterocycles. The standard InChI is InChI=1S/C41H59FNO5/c1-6-32(34-15-11-13-30-21-19-27(3)48-25-36(30)34)40(45)23-31(41(46)43(5)38-17-9-7-8-16-37(38)42)22-39(44)28(4)33-14-10-12-29-20-18-26(2)47-24-35(29)33/h6,8-9,16-17,26-36,39-40,44-45H,1-3,5,10-15,18-25H2,4H3/q+3. The van der Waals surface area contributed by atoms with Gasteiger partial charge in [0.2, 0.25) is 5.70 Å². The van der Waals surface area contributed by atoms with Gasteiger partial charge in [0, 0.05) is 24.8 Å². The number of halogens is 1. The van der Waals surface area contributed by atoms with Gasteiger partial charge in [-0.05, 0) is 98.2 Å². The molecule has 13 unspecified atom stereocenters. The molecule has 2 heterocycles. The van der Waals surface area contributed by atoms with E-state index in [1.54, 1.807) is 6.08 Å². The average Bonchev–Trinajstić information content (AvgIpc) is 3.51. The zero-order valence-electron chi connectivity index (χ0n) is 29.1. The van der Waals surface area contributed by atoms with Crippen LogP contribution in [0, 0.1) is 67.1 Å². The smallest absolute Gasteiger partial charge is 0.393 e. The van der Waals surface area contributed by atoms with Crippen molar-refractivity contribution in [1.29, 1.82) is 0 Å². The fourth-order valence-electron chi connectivity index (χ4n) is 9.80. The van der Waals surface area contributed by atoms with Gasteiger partial charge in [-0.15, -0.1) is 16.9 Å². The SMILES string of the molecule is C=CC(C(O)CC(CC(O)C(C)C1CCCC2CCC([CH2+])OCC21)C(=O)[N+](=C)C1=CC=C=CC=C1F)C1CCCC2CCC([CH2+])OCC21. The van der Waals surface area contributed by atoms with Crippen molar-refractivity contribution in [3.63, 3.8) is 0 Å². The second kappa shape index (κ2) is 17.0. The number of nitrogens with zero attached hydrogens (tertiary/aromatic N) is 1. The summed E-state index contributed by atoms with van der Waals surface area (Å²) in [6, 6.07) is 0. The third kappa shape index (κ3) is 8.65. The molecule has 1 amide bonds. The van der Waals surface area contributed by atoms with Crippen LogP contribution in [-0.4, -0.2) is 65.0 Å². The quantitative estimate of drug-likeness (QED) is 0.0795. The summed E-state index contributed by atoms with van der Waals surface area (Å²) in [6.07, 6.45) is 16.7. The first-order valence-electron chi connectivity index (χ1n) is 18.6. The van der Waals surface area contributed by atoms with Gasteiger partial charge in [0.05, 0.1) is 45.2 Å². The maximum atomic E-state index is 15.1. The van der Waals surface area contributed by atoms with Crippen LogP contribution in [0.2, 0.25) is 0 Å². The van der Waals surface area contributed by atoms with E-state index in [1.165, 1.54) is 24.6 Å². The van der Waals surface area contributed by atoms with Gasteiger partial charge >= 0.3 is 5.91 Å². The van der Waals surface area contributed by atoms with Crippen molar-refractivity contribution in [3.8, 4) is 0 Å². The molecule has 7 heteroatoms. The highest BCUT2D eigenvalue weighted by atomic mass is 19.1. The minimum atomic E-state index is -0.872. The summed E-state index contributed by atoms with van der Waals surface area (Å²) in [7, 11) is 0. The molecule has 3 aliphatic carbocycles. The Kier molecular flexibility index (Phi) is 13.1. The molecule has 48 heavy (non-hydrogen) atoms. The number of allylic oxidation sites excluding steroid dienone is 4. The normalized spacial score (nSPS) is 35.5. The molecule has 2 aliphatic heterocycles. The highest BCUT2D eigenvalue weighted by Gasteiger charge is 2.45. The van der Waals surface area contributed by atoms with Crippen molar-refractivity contribution >= 4 is 12.6 Å². The minimum absolute atomic E-state index is 0.00246. The number of ether oxygens (including phenoxy) is 2. The zero-order valence-corrected chi connectivity index (χ0v) is 29.1. The van der Waals surface area contributed by atoms with Gasteiger partial charge < -0.3 is 19.7 Å². The van der Waals surface area contributed by atoms with E-state index in [2.05, 4.69) is 39.8 Å². The topological polar surface area (TPSA) is 79.0 Å². The van der Waals surface area contributed by atoms with Crippen LogP contribution in [0.15, 0.2) is 54.2 Å². The van der Waals surface area contributed by atoms with E-state index >= 15 is 4.39 Å². The summed E-state index contributed by atoms with van der Waals surface area (Å²) in [5.74, 6) is 0.0144. The average molecular weight is 665 g/mol. The number of fused-ring (bicyclic) bond motifs is 2. The maximum absolute atomic E-state index is 15.1. The fourth-order valence-corrected chi connectivity index (χ4v) is 9.80. The van der Waals surface area contributed by atoms with Crippen molar-refractivity contribution in [2.24, 2.45) is 53.3 Å². The van der Waals surface area contributed by atoms with Gasteiger partial charge in [0.25, 0.3) is 0 Å². The van der Waals surface area contributed by atoms with Crippen molar-refractivity contribution in [2.45, 2.75) is 108 Å². The summed E-state index contributed by atoms with van der Waals surface area (Å²) >= 11 is 0. The molecule has 0 spiro atoms. The van der Waals surface area contributed by atoms with Crippen LogP contribution in [-0.2, 0) is 14.3 Å². The lowest BCUT2D eigenvalue weighted by Gasteiger charge is -2.42. The molecule has 5 aliphatic rings. The van der Waals surface area contributed by atoms with Crippen LogP contribution in [0.25, 0.3) is 0 Å². The van der Waals surface area contributed by atoms with Crippen LogP contribution in [0.3, 0.4) is 0 Å². The number of amides is 1. The molecule has 13 atom stereocenters. The Balaban J connectivity index is 1.36. The van der Waals surface area contributed by atoms with E-state index in [1.807, 2.05) is 6.08 Å². The number of aliphatic hydroxyl groups excluding tert-OH is 2. The van der Waals surface area contributed by atoms with Crippen LogP contribution in [0.4, 0.5) is 4.39 Å². The summed E-state index contributed by atoms with van der Waals surface area (Å²) in [5.41, 5.74) is 2.87. The van der Waals surface area contributed by atoms with Gasteiger partial charge in [-0.25, -0.2) is 4.79 Å². The first-order chi connectivity index (χ1) is 23.1. The Morgan fingerprint density at radius 1 is 0.938 bits per heavy atom. The minimum Gasteiger partial charge on any atom is -0.393 e. The van der Waals surface area contributed by atoms with Crippen LogP contribution < -0.4 is 0 Å². The van der Waals surface area contributed by atoms with Crippen molar-refractivity contribution in [1.82, 2.24) is 0 Å². The number of hydrogen-bond acceptors (Lipinski definition) is 5. The fraction of sp³-hybridized carbons (Fsp3) is 0.683. The number of rotatable bonds is 11. The van der Waals surface area contributed by atoms with Gasteiger partial charge in [-0.1, -0.05) is 38.7 Å². The Labute approximate surface area is 288 Å². The molecule has 0 aromatic heterocycles. The van der Waals surface area contributed by atoms with Gasteiger partial charge in [0.15, 0.2) is 18.0 Å². The second-order valence-corrected chi connectivity index (χ2v) is 15.4. The monoisotopic (exact) mass is 664 g/mol. The molecule has 0 radical (unpaired) electrons. The third-order valence-corrected chi connectivity index (χ3v) is 12.7. The molecule has 0 bridgehead atoms. The Morgan fingerprint density at radius 3 is 2.12 bits per heavy atom. The van der Waals surface area contributed by atoms with E-state index < -0.39 is 29.9 Å². The van der Waals surface area contributed by atoms with Crippen LogP contribution in [0.5, 0.6) is 0 Å². The van der Waals surface area contributed by atoms with E-state index in [0.717, 1.165) is 62.4 Å². The molecule has 5 rings (SSSR count). The molecule has 2 saturated carbocycles. The third-order valence-electron chi connectivity index (χ3n) is 12.7. The summed E-state index contributed by atoms with van der Waals surface area (Å²) < 4.78 is 28.4. The van der Waals surface area contributed by atoms with Gasteiger partial charge in [-0.2, -0.15) is 4.39 Å². The lowest BCUT2D eigenvalue weighted by molar-refractivity contribution is -0.396. The van der Waals surface area contributed by atoms with Crippen molar-refractivity contribution in [3.05, 3.63) is 68.1 Å². The number of carbonyl (C=O) groups is 1. The number of aliphatic hydroxyl groups is 2. The number of hydrogen-bond donors (Lipinski definition) is 2. The van der Waals surface area contributed by atoms with E-state index in [9.17, 15) is 15.0 Å². The first kappa shape index (κ1) is 36.9. The number of carbonyl (C=O) groups excluding carboxylic acids is 1. The van der Waals surface area contributed by atoms with Crippen molar-refractivity contribution in [2.75, 3.05) is 13.2 Å². The predicted molar refractivity (Wildman–Crippen MR) is 187 cm³/mol. The molecule has 0 aromatic rings. The van der Waals surface area contributed by atoms with Crippen LogP contribution in [0.1, 0.15) is 84.0 Å². The molecule has 6 nitrogen and oxygen atoms in total. The molecule has 4 fully saturated rings. The Bertz CT molecular complexity index is 1270. The molecule has 2 N–H and O–H groups in total. The van der Waals surface area contributed by atoms with E-state index in [4.69, 9.17) is 9.47 Å². The molecule has 0 aromatic carbocycles. The van der Waals surface area contributed by atoms with E-state index in [-0.39, 0.29) is 54.4 Å². The highest BCUT2D eigenvalue weighted by Crippen LogP contribution is 2.47. The predicted octanol–water partition coefficient (Wildman–Crippen LogP) is 7.34. The van der Waals surface area contributed by atoms with Gasteiger partial charge in [-0.3, -0.25) is 0 Å². The van der Waals surface area contributed by atoms with Crippen LogP contribution >= 0.6 is 0 Å². The Hall–Kier alpha value is -2.41. The maximum Gasteiger partial charge on any atom is 0.395 e. The Morgan fingerprint density at radius 2 is 1.50 bits per heavy atom. The first-order valence-corrected chi connectivity index (χ1v) is 18.6. The molecular formula is C41H59FNO5+3. The summed E-state index contributed by atoms with van der Waals surface area (Å²) in [6.45, 7) is 19.8. The van der Waals surface area contributed by atoms with Gasteiger partial charge in [0.1, 0.15) is 6.72 Å². The second-order valence-electron chi connectivity index (χ2n) is 15.4. The zero-order chi connectivity index (χ0) is 34.4. The van der Waals surface area contributed by atoms with E-state index in [0.29, 0.717) is 36.9 Å². The lowest BCUT2D eigenvalue weighted by atomic mass is 9.64. The van der Waals surface area contributed by atoms with Crippen molar-refractivity contribution < 1.29 is 33.4 Å². The molecule has 262 valence electrons. The largest absolute Gasteiger partial charge is 0.395 e.